The predicted octanol–water partition coefficient (Wildman–Crippen LogP) is 2.58. The monoisotopic (exact) mass is 211 g/mol. The highest BCUT2D eigenvalue weighted by Crippen LogP contribution is 2.38. The molecule has 0 spiro atoms. The van der Waals surface area contributed by atoms with Crippen LogP contribution in [0.25, 0.3) is 0 Å². The molecule has 2 heteroatoms. The van der Waals surface area contributed by atoms with E-state index in [0.29, 0.717) is 11.5 Å². The van der Waals surface area contributed by atoms with E-state index in [1.54, 1.807) is 0 Å². The van der Waals surface area contributed by atoms with Gasteiger partial charge in [-0.25, -0.2) is 0 Å². The molecule has 0 aromatic heterocycles. The van der Waals surface area contributed by atoms with E-state index < -0.39 is 0 Å². The summed E-state index contributed by atoms with van der Waals surface area (Å²) in [6.07, 6.45) is 5.58. The third kappa shape index (κ3) is 2.73. The van der Waals surface area contributed by atoms with Gasteiger partial charge in [-0.05, 0) is 24.2 Å². The van der Waals surface area contributed by atoms with Crippen molar-refractivity contribution >= 4 is 0 Å². The molecule has 2 aliphatic rings. The Morgan fingerprint density at radius 1 is 1.07 bits per heavy atom. The van der Waals surface area contributed by atoms with Crippen LogP contribution in [0.4, 0.5) is 0 Å². The van der Waals surface area contributed by atoms with Crippen LogP contribution in [0.15, 0.2) is 0 Å². The first-order chi connectivity index (χ1) is 7.07. The molecule has 1 aliphatic heterocycles. The molecule has 1 saturated heterocycles. The van der Waals surface area contributed by atoms with Crippen LogP contribution in [0, 0.1) is 11.3 Å². The van der Waals surface area contributed by atoms with Gasteiger partial charge in [-0.3, -0.25) is 0 Å². The van der Waals surface area contributed by atoms with Crippen LogP contribution in [0.1, 0.15) is 46.5 Å². The Bertz CT molecular complexity index is 205. The molecule has 0 aromatic carbocycles. The van der Waals surface area contributed by atoms with Crippen LogP contribution in [0.3, 0.4) is 0 Å². The van der Waals surface area contributed by atoms with Crippen molar-refractivity contribution in [2.45, 2.75) is 58.5 Å². The van der Waals surface area contributed by atoms with E-state index in [1.165, 1.54) is 25.7 Å². The summed E-state index contributed by atoms with van der Waals surface area (Å²) in [5.74, 6) is 0.840. The van der Waals surface area contributed by atoms with Crippen molar-refractivity contribution in [1.29, 1.82) is 0 Å². The number of ether oxygens (including phenoxy) is 1. The molecule has 0 bridgehead atoms. The zero-order valence-electron chi connectivity index (χ0n) is 10.4. The second-order valence-electron chi connectivity index (χ2n) is 6.26. The van der Waals surface area contributed by atoms with E-state index in [4.69, 9.17) is 4.74 Å². The van der Waals surface area contributed by atoms with Gasteiger partial charge in [0.25, 0.3) is 0 Å². The van der Waals surface area contributed by atoms with Crippen LogP contribution in [0.2, 0.25) is 0 Å². The van der Waals surface area contributed by atoms with Crippen LogP contribution in [0.5, 0.6) is 0 Å². The van der Waals surface area contributed by atoms with Gasteiger partial charge in [-0.1, -0.05) is 33.6 Å². The van der Waals surface area contributed by atoms with Crippen molar-refractivity contribution in [3.63, 3.8) is 0 Å². The fraction of sp³-hybridized carbons (Fsp3) is 1.00. The molecule has 2 atom stereocenters. The molecular weight excluding hydrogens is 186 g/mol. The number of hydrogen-bond donors (Lipinski definition) is 1. The van der Waals surface area contributed by atoms with Crippen molar-refractivity contribution in [1.82, 2.24) is 5.32 Å². The third-order valence-electron chi connectivity index (χ3n) is 3.97. The molecular formula is C13H25NO. The third-order valence-corrected chi connectivity index (χ3v) is 3.97. The van der Waals surface area contributed by atoms with Gasteiger partial charge < -0.3 is 10.1 Å². The van der Waals surface area contributed by atoms with Gasteiger partial charge in [-0.2, -0.15) is 0 Å². The van der Waals surface area contributed by atoms with Gasteiger partial charge in [0, 0.05) is 6.04 Å². The van der Waals surface area contributed by atoms with E-state index >= 15 is 0 Å². The summed E-state index contributed by atoms with van der Waals surface area (Å²) >= 11 is 0. The van der Waals surface area contributed by atoms with E-state index in [0.717, 1.165) is 25.2 Å². The smallest absolute Gasteiger partial charge is 0.0643 e. The minimum atomic E-state index is 0.447. The standard InChI is InChI=1S/C13H25NO/c1-13(2,3)11-6-4-5-7-12(11)14-10-8-15-9-10/h10-12,14H,4-9H2,1-3H3. The summed E-state index contributed by atoms with van der Waals surface area (Å²) in [5, 5.41) is 3.79. The molecule has 1 saturated carbocycles. The molecule has 2 fully saturated rings. The molecule has 0 amide bonds. The normalized spacial score (nSPS) is 33.8. The average Bonchev–Trinajstić information content (AvgIpc) is 2.10. The minimum Gasteiger partial charge on any atom is -0.378 e. The second kappa shape index (κ2) is 4.42. The van der Waals surface area contributed by atoms with Crippen LogP contribution in [-0.2, 0) is 4.74 Å². The Morgan fingerprint density at radius 2 is 1.73 bits per heavy atom. The van der Waals surface area contributed by atoms with E-state index in [-0.39, 0.29) is 0 Å². The summed E-state index contributed by atoms with van der Waals surface area (Å²) < 4.78 is 5.23. The summed E-state index contributed by atoms with van der Waals surface area (Å²) in [5.41, 5.74) is 0.447. The molecule has 0 aromatic rings. The fourth-order valence-corrected chi connectivity index (χ4v) is 3.00. The van der Waals surface area contributed by atoms with Gasteiger partial charge in [-0.15, -0.1) is 0 Å². The van der Waals surface area contributed by atoms with E-state index in [2.05, 4.69) is 26.1 Å². The highest BCUT2D eigenvalue weighted by Gasteiger charge is 2.35. The number of rotatable bonds is 2. The van der Waals surface area contributed by atoms with Crippen molar-refractivity contribution in [3.8, 4) is 0 Å². The highest BCUT2D eigenvalue weighted by atomic mass is 16.5. The van der Waals surface area contributed by atoms with Crippen LogP contribution >= 0.6 is 0 Å². The van der Waals surface area contributed by atoms with Gasteiger partial charge >= 0.3 is 0 Å². The van der Waals surface area contributed by atoms with E-state index in [1.807, 2.05) is 0 Å². The largest absolute Gasteiger partial charge is 0.378 e. The summed E-state index contributed by atoms with van der Waals surface area (Å²) in [6.45, 7) is 9.00. The SMILES string of the molecule is CC(C)(C)C1CCCCC1NC1COC1. The summed E-state index contributed by atoms with van der Waals surface area (Å²) in [6, 6.07) is 1.37. The maximum absolute atomic E-state index is 5.23. The van der Waals surface area contributed by atoms with Crippen molar-refractivity contribution in [2.24, 2.45) is 11.3 Å². The average molecular weight is 211 g/mol. The first-order valence-electron chi connectivity index (χ1n) is 6.41. The zero-order chi connectivity index (χ0) is 10.9. The maximum atomic E-state index is 5.23. The lowest BCUT2D eigenvalue weighted by Crippen LogP contribution is -2.55. The van der Waals surface area contributed by atoms with Gasteiger partial charge in [0.1, 0.15) is 0 Å². The summed E-state index contributed by atoms with van der Waals surface area (Å²) in [7, 11) is 0. The molecule has 1 heterocycles. The molecule has 0 radical (unpaired) electrons. The quantitative estimate of drug-likeness (QED) is 0.758. The highest BCUT2D eigenvalue weighted by molar-refractivity contribution is 4.91. The Hall–Kier alpha value is -0.0800. The molecule has 88 valence electrons. The predicted molar refractivity (Wildman–Crippen MR) is 62.9 cm³/mol. The van der Waals surface area contributed by atoms with Crippen molar-refractivity contribution < 1.29 is 4.74 Å². The molecule has 1 aliphatic carbocycles. The lowest BCUT2D eigenvalue weighted by atomic mass is 9.69. The van der Waals surface area contributed by atoms with Crippen LogP contribution < -0.4 is 5.32 Å². The van der Waals surface area contributed by atoms with Crippen molar-refractivity contribution in [2.75, 3.05) is 13.2 Å². The lowest BCUT2D eigenvalue weighted by molar-refractivity contribution is -0.0215. The molecule has 2 rings (SSSR count). The molecule has 2 unspecified atom stereocenters. The Kier molecular flexibility index (Phi) is 3.36. The molecule has 1 N–H and O–H groups in total. The number of nitrogens with one attached hydrogen (secondary N) is 1. The first-order valence-corrected chi connectivity index (χ1v) is 6.41. The number of hydrogen-bond acceptors (Lipinski definition) is 2. The minimum absolute atomic E-state index is 0.447. The van der Waals surface area contributed by atoms with Crippen molar-refractivity contribution in [3.05, 3.63) is 0 Å². The summed E-state index contributed by atoms with van der Waals surface area (Å²) in [4.78, 5) is 0. The zero-order valence-corrected chi connectivity index (χ0v) is 10.4. The van der Waals surface area contributed by atoms with Gasteiger partial charge in [0.2, 0.25) is 0 Å². The Balaban J connectivity index is 1.92. The van der Waals surface area contributed by atoms with E-state index in [9.17, 15) is 0 Å². The molecule has 2 nitrogen and oxygen atoms in total. The lowest BCUT2D eigenvalue weighted by Gasteiger charge is -2.43. The van der Waals surface area contributed by atoms with Gasteiger partial charge in [0.15, 0.2) is 0 Å². The maximum Gasteiger partial charge on any atom is 0.0643 e. The first kappa shape index (κ1) is 11.4. The fourth-order valence-electron chi connectivity index (χ4n) is 3.00. The second-order valence-corrected chi connectivity index (χ2v) is 6.26. The Morgan fingerprint density at radius 3 is 2.27 bits per heavy atom. The Labute approximate surface area is 93.8 Å². The van der Waals surface area contributed by atoms with Gasteiger partial charge in [0.05, 0.1) is 19.3 Å². The molecule has 15 heavy (non-hydrogen) atoms. The van der Waals surface area contributed by atoms with Crippen LogP contribution in [-0.4, -0.2) is 25.3 Å². The topological polar surface area (TPSA) is 21.3 Å².